The van der Waals surface area contributed by atoms with Crippen LogP contribution in [0.4, 0.5) is 0 Å². The van der Waals surface area contributed by atoms with Gasteiger partial charge in [0, 0.05) is 5.56 Å². The van der Waals surface area contributed by atoms with Crippen molar-refractivity contribution in [2.75, 3.05) is 0 Å². The van der Waals surface area contributed by atoms with E-state index in [1.807, 2.05) is 60.7 Å². The fourth-order valence-corrected chi connectivity index (χ4v) is 2.52. The number of hydrogen-bond donors (Lipinski definition) is 3. The Labute approximate surface area is 135 Å². The highest BCUT2D eigenvalue weighted by molar-refractivity contribution is 5.99. The Morgan fingerprint density at radius 1 is 0.913 bits per heavy atom. The Hall–Kier alpha value is -2.91. The molecule has 0 aromatic heterocycles. The molecule has 0 spiro atoms. The molecule has 3 rings (SSSR count). The van der Waals surface area contributed by atoms with Crippen molar-refractivity contribution in [3.8, 4) is 0 Å². The van der Waals surface area contributed by atoms with Crippen LogP contribution in [0.5, 0.6) is 0 Å². The summed E-state index contributed by atoms with van der Waals surface area (Å²) >= 11 is 0. The predicted octanol–water partition coefficient (Wildman–Crippen LogP) is 3.79. The third-order valence-electron chi connectivity index (χ3n) is 3.78. The van der Waals surface area contributed by atoms with Crippen molar-refractivity contribution in [2.45, 2.75) is 6.61 Å². The lowest BCUT2D eigenvalue weighted by Gasteiger charge is -2.03. The van der Waals surface area contributed by atoms with Gasteiger partial charge in [-0.25, -0.2) is 0 Å². The Balaban J connectivity index is 1.89. The van der Waals surface area contributed by atoms with Gasteiger partial charge in [-0.05, 0) is 45.7 Å². The largest absolute Gasteiger partial charge is 0.392 e. The lowest BCUT2D eigenvalue weighted by atomic mass is 10.0. The Morgan fingerprint density at radius 2 is 1.61 bits per heavy atom. The van der Waals surface area contributed by atoms with Crippen molar-refractivity contribution in [1.29, 1.82) is 5.41 Å². The van der Waals surface area contributed by atoms with Crippen LogP contribution in [0.3, 0.4) is 0 Å². The zero-order valence-corrected chi connectivity index (χ0v) is 12.7. The SMILES string of the molecule is N=C(N)c1ccc2cc(/C=C/c3cccc(CO)c3)ccc2c1. The number of nitrogen functional groups attached to an aromatic ring is 1. The van der Waals surface area contributed by atoms with E-state index in [4.69, 9.17) is 11.1 Å². The summed E-state index contributed by atoms with van der Waals surface area (Å²) < 4.78 is 0. The summed E-state index contributed by atoms with van der Waals surface area (Å²) in [5.41, 5.74) is 9.33. The maximum Gasteiger partial charge on any atom is 0.122 e. The summed E-state index contributed by atoms with van der Waals surface area (Å²) in [4.78, 5) is 0. The number of aliphatic hydroxyl groups excluding tert-OH is 1. The number of amidine groups is 1. The summed E-state index contributed by atoms with van der Waals surface area (Å²) in [5.74, 6) is 0.0830. The molecule has 3 nitrogen and oxygen atoms in total. The number of nitrogens with two attached hydrogens (primary N) is 1. The van der Waals surface area contributed by atoms with Crippen molar-refractivity contribution in [3.63, 3.8) is 0 Å². The van der Waals surface area contributed by atoms with E-state index < -0.39 is 0 Å². The van der Waals surface area contributed by atoms with Crippen LogP contribution in [-0.2, 0) is 6.61 Å². The highest BCUT2D eigenvalue weighted by Gasteiger charge is 2.00. The standard InChI is InChI=1S/C20H18N2O/c21-20(22)19-9-8-17-11-15(6-7-18(17)12-19)5-4-14-2-1-3-16(10-14)13-23/h1-12,23H,13H2,(H3,21,22)/b5-4+. The molecule has 114 valence electrons. The molecule has 0 saturated heterocycles. The molecule has 3 aromatic rings. The molecule has 3 aromatic carbocycles. The lowest BCUT2D eigenvalue weighted by Crippen LogP contribution is -2.10. The normalized spacial score (nSPS) is 11.2. The fraction of sp³-hybridized carbons (Fsp3) is 0.0500. The first-order valence-electron chi connectivity index (χ1n) is 7.42. The average Bonchev–Trinajstić information content (AvgIpc) is 2.59. The second-order valence-corrected chi connectivity index (χ2v) is 5.47. The minimum atomic E-state index is 0.0517. The van der Waals surface area contributed by atoms with Crippen LogP contribution < -0.4 is 5.73 Å². The molecule has 0 unspecified atom stereocenters. The van der Waals surface area contributed by atoms with Gasteiger partial charge in [-0.2, -0.15) is 0 Å². The first kappa shape index (κ1) is 15.0. The van der Waals surface area contributed by atoms with Gasteiger partial charge in [-0.1, -0.05) is 54.6 Å². The van der Waals surface area contributed by atoms with Crippen LogP contribution in [0.1, 0.15) is 22.3 Å². The van der Waals surface area contributed by atoms with Gasteiger partial charge in [0.25, 0.3) is 0 Å². The van der Waals surface area contributed by atoms with Gasteiger partial charge in [0.1, 0.15) is 5.84 Å². The summed E-state index contributed by atoms with van der Waals surface area (Å²) in [6.07, 6.45) is 4.08. The highest BCUT2D eigenvalue weighted by atomic mass is 16.3. The number of nitrogens with one attached hydrogen (secondary N) is 1. The van der Waals surface area contributed by atoms with Crippen molar-refractivity contribution < 1.29 is 5.11 Å². The Morgan fingerprint density at radius 3 is 2.35 bits per heavy atom. The first-order chi connectivity index (χ1) is 11.2. The van der Waals surface area contributed by atoms with Crippen LogP contribution in [0.25, 0.3) is 22.9 Å². The number of aliphatic hydroxyl groups is 1. The molecule has 0 amide bonds. The van der Waals surface area contributed by atoms with E-state index in [-0.39, 0.29) is 12.4 Å². The van der Waals surface area contributed by atoms with Gasteiger partial charge in [-0.3, -0.25) is 5.41 Å². The van der Waals surface area contributed by atoms with Gasteiger partial charge in [0.2, 0.25) is 0 Å². The quantitative estimate of drug-likeness (QED) is 0.390. The van der Waals surface area contributed by atoms with Crippen molar-refractivity contribution in [2.24, 2.45) is 5.73 Å². The molecule has 0 aliphatic heterocycles. The van der Waals surface area contributed by atoms with Gasteiger partial charge in [-0.15, -0.1) is 0 Å². The number of rotatable bonds is 4. The fourth-order valence-electron chi connectivity index (χ4n) is 2.52. The summed E-state index contributed by atoms with van der Waals surface area (Å²) in [6.45, 7) is 0.0517. The summed E-state index contributed by atoms with van der Waals surface area (Å²) in [5, 5.41) is 18.9. The number of benzene rings is 3. The summed E-state index contributed by atoms with van der Waals surface area (Å²) in [6, 6.07) is 19.8. The van der Waals surface area contributed by atoms with Gasteiger partial charge in [0.15, 0.2) is 0 Å². The average molecular weight is 302 g/mol. The molecule has 23 heavy (non-hydrogen) atoms. The van der Waals surface area contributed by atoms with E-state index >= 15 is 0 Å². The smallest absolute Gasteiger partial charge is 0.122 e. The zero-order valence-electron chi connectivity index (χ0n) is 12.7. The predicted molar refractivity (Wildman–Crippen MR) is 96.3 cm³/mol. The van der Waals surface area contributed by atoms with Crippen LogP contribution in [0, 0.1) is 5.41 Å². The van der Waals surface area contributed by atoms with E-state index in [1.165, 1.54) is 0 Å². The second-order valence-electron chi connectivity index (χ2n) is 5.47. The van der Waals surface area contributed by atoms with Crippen molar-refractivity contribution in [1.82, 2.24) is 0 Å². The van der Waals surface area contributed by atoms with Crippen LogP contribution in [0.15, 0.2) is 60.7 Å². The Bertz CT molecular complexity index is 897. The minimum Gasteiger partial charge on any atom is -0.392 e. The lowest BCUT2D eigenvalue weighted by molar-refractivity contribution is 0.282. The van der Waals surface area contributed by atoms with Crippen molar-refractivity contribution in [3.05, 3.63) is 82.9 Å². The van der Waals surface area contributed by atoms with Crippen LogP contribution in [-0.4, -0.2) is 10.9 Å². The van der Waals surface area contributed by atoms with Crippen LogP contribution in [0.2, 0.25) is 0 Å². The molecular weight excluding hydrogens is 284 g/mol. The third-order valence-corrected chi connectivity index (χ3v) is 3.78. The molecule has 0 aliphatic rings. The zero-order chi connectivity index (χ0) is 16.2. The maximum atomic E-state index is 9.18. The minimum absolute atomic E-state index is 0.0517. The topological polar surface area (TPSA) is 70.1 Å². The molecule has 0 fully saturated rings. The molecule has 4 N–H and O–H groups in total. The molecule has 0 heterocycles. The van der Waals surface area contributed by atoms with E-state index in [2.05, 4.69) is 12.1 Å². The molecule has 0 aliphatic carbocycles. The van der Waals surface area contributed by atoms with Crippen molar-refractivity contribution >= 4 is 28.8 Å². The second kappa shape index (κ2) is 6.46. The first-order valence-corrected chi connectivity index (χ1v) is 7.42. The van der Waals surface area contributed by atoms with Gasteiger partial charge >= 0.3 is 0 Å². The molecule has 3 heteroatoms. The monoisotopic (exact) mass is 302 g/mol. The maximum absolute atomic E-state index is 9.18. The third kappa shape index (κ3) is 3.47. The van der Waals surface area contributed by atoms with Gasteiger partial charge < -0.3 is 10.8 Å². The number of fused-ring (bicyclic) bond motifs is 1. The van der Waals surface area contributed by atoms with E-state index in [9.17, 15) is 5.11 Å². The van der Waals surface area contributed by atoms with E-state index in [0.29, 0.717) is 0 Å². The molecular formula is C20H18N2O. The molecule has 0 atom stereocenters. The highest BCUT2D eigenvalue weighted by Crippen LogP contribution is 2.19. The Kier molecular flexibility index (Phi) is 4.22. The molecule has 0 bridgehead atoms. The van der Waals surface area contributed by atoms with E-state index in [0.717, 1.165) is 33.0 Å². The number of hydrogen-bond acceptors (Lipinski definition) is 2. The molecule has 0 radical (unpaired) electrons. The molecule has 0 saturated carbocycles. The van der Waals surface area contributed by atoms with Gasteiger partial charge in [0.05, 0.1) is 6.61 Å². The van der Waals surface area contributed by atoms with E-state index in [1.54, 1.807) is 0 Å². The summed E-state index contributed by atoms with van der Waals surface area (Å²) in [7, 11) is 0. The van der Waals surface area contributed by atoms with Crippen LogP contribution >= 0.6 is 0 Å².